The van der Waals surface area contributed by atoms with Crippen LogP contribution in [0.1, 0.15) is 59.3 Å². The standard InChI is InChI=1S/C10H24O2PS2/c1-4-7-8-9-10(5-2,6-3)15-13(11,12)14/h11-12,14H,4-9H2,1-3H3/q+1. The fraction of sp³-hybridized carbons (Fsp3) is 1.00. The van der Waals surface area contributed by atoms with Crippen LogP contribution in [0.2, 0.25) is 0 Å². The first-order valence-corrected chi connectivity index (χ1v) is 9.94. The fourth-order valence-corrected chi connectivity index (χ4v) is 6.91. The topological polar surface area (TPSA) is 40.5 Å². The van der Waals surface area contributed by atoms with E-state index >= 15 is 0 Å². The molecule has 2 nitrogen and oxygen atoms in total. The van der Waals surface area contributed by atoms with Crippen LogP contribution in [0.15, 0.2) is 0 Å². The van der Waals surface area contributed by atoms with Crippen LogP contribution in [0.4, 0.5) is 0 Å². The highest BCUT2D eigenvalue weighted by Crippen LogP contribution is 2.47. The lowest BCUT2D eigenvalue weighted by Crippen LogP contribution is -2.26. The third kappa shape index (κ3) is 6.96. The molecule has 0 atom stereocenters. The van der Waals surface area contributed by atoms with Crippen molar-refractivity contribution in [2.45, 2.75) is 64.0 Å². The molecule has 0 aromatic rings. The van der Waals surface area contributed by atoms with E-state index in [2.05, 4.69) is 33.0 Å². The highest BCUT2D eigenvalue weighted by atomic mass is 32.9. The first-order valence-electron chi connectivity index (χ1n) is 5.67. The van der Waals surface area contributed by atoms with Gasteiger partial charge >= 0.3 is 5.69 Å². The van der Waals surface area contributed by atoms with Crippen molar-refractivity contribution in [2.75, 3.05) is 0 Å². The van der Waals surface area contributed by atoms with Crippen LogP contribution in [0, 0.1) is 0 Å². The average molecular weight is 271 g/mol. The number of unbranched alkanes of at least 4 members (excludes halogenated alkanes) is 2. The largest absolute Gasteiger partial charge is 0.427 e. The van der Waals surface area contributed by atoms with Crippen LogP contribution >= 0.6 is 17.9 Å². The monoisotopic (exact) mass is 271 g/mol. The van der Waals surface area contributed by atoms with Crippen LogP contribution < -0.4 is 0 Å². The number of hydrogen-bond acceptors (Lipinski definition) is 0. The molecule has 0 aliphatic carbocycles. The van der Waals surface area contributed by atoms with Crippen LogP contribution in [0.25, 0.3) is 0 Å². The molecule has 15 heavy (non-hydrogen) atoms. The Labute approximate surface area is 103 Å². The molecule has 0 bridgehead atoms. The van der Waals surface area contributed by atoms with Crippen molar-refractivity contribution in [1.29, 1.82) is 0 Å². The Kier molecular flexibility index (Phi) is 7.73. The summed E-state index contributed by atoms with van der Waals surface area (Å²) >= 11 is 3.89. The molecule has 0 saturated carbocycles. The van der Waals surface area contributed by atoms with Crippen molar-refractivity contribution >= 4 is 28.9 Å². The van der Waals surface area contributed by atoms with Gasteiger partial charge < -0.3 is 9.79 Å². The lowest BCUT2D eigenvalue weighted by molar-refractivity contribution is 0.475. The Morgan fingerprint density at radius 1 is 1.13 bits per heavy atom. The normalized spacial score (nSPS) is 12.9. The zero-order valence-electron chi connectivity index (χ0n) is 9.94. The predicted octanol–water partition coefficient (Wildman–Crippen LogP) is 3.80. The minimum atomic E-state index is -3.01. The van der Waals surface area contributed by atoms with Gasteiger partial charge in [0, 0.05) is 19.3 Å². The maximum absolute atomic E-state index is 9.47. The molecule has 0 aliphatic heterocycles. The first-order chi connectivity index (χ1) is 6.89. The minimum Gasteiger partial charge on any atom is -0.304 e. The van der Waals surface area contributed by atoms with Gasteiger partial charge in [0.25, 0.3) is 0 Å². The molecule has 5 heteroatoms. The average Bonchev–Trinajstić information content (AvgIpc) is 2.15. The third-order valence-corrected chi connectivity index (χ3v) is 6.89. The molecule has 0 unspecified atom stereocenters. The van der Waals surface area contributed by atoms with Gasteiger partial charge in [-0.3, -0.25) is 0 Å². The van der Waals surface area contributed by atoms with Gasteiger partial charge in [-0.15, -0.1) is 0 Å². The first kappa shape index (κ1) is 15.9. The maximum atomic E-state index is 9.47. The second-order valence-electron chi connectivity index (χ2n) is 3.95. The molecule has 0 saturated heterocycles. The van der Waals surface area contributed by atoms with Gasteiger partial charge in [-0.1, -0.05) is 33.6 Å². The Bertz CT molecular complexity index is 213. The summed E-state index contributed by atoms with van der Waals surface area (Å²) < 4.78 is 0.00813. The fourth-order valence-electron chi connectivity index (χ4n) is 1.74. The molecule has 92 valence electrons. The summed E-state index contributed by atoms with van der Waals surface area (Å²) in [5.41, 5.74) is -3.01. The highest BCUT2D eigenvalue weighted by molar-refractivity contribution is 8.62. The second-order valence-corrected chi connectivity index (χ2v) is 10.6. The van der Waals surface area contributed by atoms with Gasteiger partial charge in [0.05, 0.1) is 0 Å². The molecule has 0 aromatic carbocycles. The maximum Gasteiger partial charge on any atom is 0.427 e. The molecule has 0 aromatic heterocycles. The van der Waals surface area contributed by atoms with E-state index in [1.165, 1.54) is 30.2 Å². The van der Waals surface area contributed by atoms with E-state index in [0.717, 1.165) is 19.3 Å². The Morgan fingerprint density at radius 2 is 1.67 bits per heavy atom. The van der Waals surface area contributed by atoms with Crippen LogP contribution in [0.3, 0.4) is 0 Å². The summed E-state index contributed by atoms with van der Waals surface area (Å²) in [6.45, 7) is 6.42. The van der Waals surface area contributed by atoms with Crippen molar-refractivity contribution in [3.63, 3.8) is 0 Å². The molecule has 0 rings (SSSR count). The smallest absolute Gasteiger partial charge is 0.304 e. The SMILES string of the molecule is CCCCCC(CC)(CC)[S+]=P(O)(O)S. The Balaban J connectivity index is 4.59. The van der Waals surface area contributed by atoms with Crippen LogP contribution in [-0.4, -0.2) is 14.5 Å². The summed E-state index contributed by atoms with van der Waals surface area (Å²) in [7, 11) is 1.29. The molecule has 0 aliphatic rings. The van der Waals surface area contributed by atoms with Crippen LogP contribution in [0.5, 0.6) is 0 Å². The van der Waals surface area contributed by atoms with Crippen LogP contribution in [-0.2, 0) is 10.9 Å². The van der Waals surface area contributed by atoms with E-state index < -0.39 is 5.69 Å². The quantitative estimate of drug-likeness (QED) is 0.285. The minimum absolute atomic E-state index is 0.00813. The summed E-state index contributed by atoms with van der Waals surface area (Å²) in [5, 5.41) is 0. The van der Waals surface area contributed by atoms with Gasteiger partial charge in [-0.25, -0.2) is 0 Å². The zero-order valence-corrected chi connectivity index (χ0v) is 12.5. The molecule has 0 radical (unpaired) electrons. The number of rotatable bonds is 7. The molecule has 0 heterocycles. The van der Waals surface area contributed by atoms with E-state index in [1.807, 2.05) is 0 Å². The van der Waals surface area contributed by atoms with Gasteiger partial charge in [0.15, 0.2) is 4.75 Å². The molecule has 0 fully saturated rings. The lowest BCUT2D eigenvalue weighted by Gasteiger charge is -2.17. The molecule has 2 N–H and O–H groups in total. The number of hydrogen-bond donors (Lipinski definition) is 3. The van der Waals surface area contributed by atoms with E-state index in [4.69, 9.17) is 0 Å². The Morgan fingerprint density at radius 3 is 2.00 bits per heavy atom. The summed E-state index contributed by atoms with van der Waals surface area (Å²) in [6, 6.07) is 0. The van der Waals surface area contributed by atoms with E-state index in [1.54, 1.807) is 0 Å². The molecule has 0 spiro atoms. The van der Waals surface area contributed by atoms with Gasteiger partial charge in [-0.2, -0.15) is 0 Å². The van der Waals surface area contributed by atoms with Crippen molar-refractivity contribution in [1.82, 2.24) is 0 Å². The summed E-state index contributed by atoms with van der Waals surface area (Å²) in [5.74, 6) is 0. The third-order valence-electron chi connectivity index (χ3n) is 2.84. The van der Waals surface area contributed by atoms with Crippen molar-refractivity contribution < 1.29 is 9.79 Å². The zero-order chi connectivity index (χ0) is 11.9. The van der Waals surface area contributed by atoms with Gasteiger partial charge in [0.1, 0.15) is 0 Å². The summed E-state index contributed by atoms with van der Waals surface area (Å²) in [4.78, 5) is 18.9. The van der Waals surface area contributed by atoms with Gasteiger partial charge in [0.2, 0.25) is 10.9 Å². The van der Waals surface area contributed by atoms with E-state index in [-0.39, 0.29) is 4.75 Å². The van der Waals surface area contributed by atoms with E-state index in [0.29, 0.717) is 0 Å². The molecular weight excluding hydrogens is 247 g/mol. The van der Waals surface area contributed by atoms with E-state index in [9.17, 15) is 9.79 Å². The predicted molar refractivity (Wildman–Crippen MR) is 75.2 cm³/mol. The van der Waals surface area contributed by atoms with Crippen molar-refractivity contribution in [3.8, 4) is 0 Å². The Hall–Kier alpha value is 0.920. The van der Waals surface area contributed by atoms with Gasteiger partial charge in [-0.05, 0) is 18.7 Å². The molecule has 0 amide bonds. The lowest BCUT2D eigenvalue weighted by atomic mass is 9.95. The number of thiol groups is 1. The van der Waals surface area contributed by atoms with Crippen molar-refractivity contribution in [2.24, 2.45) is 0 Å². The highest BCUT2D eigenvalue weighted by Gasteiger charge is 2.40. The second kappa shape index (κ2) is 7.29. The van der Waals surface area contributed by atoms with Crippen molar-refractivity contribution in [3.05, 3.63) is 0 Å². The summed E-state index contributed by atoms with van der Waals surface area (Å²) in [6.07, 6.45) is 6.59. The molecular formula is C10H24O2PS2+.